The SMILES string of the molecule is CC(=O)NC[C@@H]1OC(=O)N2c3ccc(-c4ccc(-n5cncn5)nc4)cc3OC[C@@H]12. The molecule has 0 aliphatic carbocycles. The highest BCUT2D eigenvalue weighted by molar-refractivity contribution is 5.94. The lowest BCUT2D eigenvalue weighted by Gasteiger charge is -2.31. The number of anilines is 1. The molecule has 1 fully saturated rings. The van der Waals surface area contributed by atoms with Crippen molar-refractivity contribution in [3.8, 4) is 22.7 Å². The number of hydrogen-bond donors (Lipinski definition) is 1. The highest BCUT2D eigenvalue weighted by Gasteiger charge is 2.46. The molecule has 0 saturated carbocycles. The van der Waals surface area contributed by atoms with Crippen molar-refractivity contribution in [2.45, 2.75) is 19.1 Å². The van der Waals surface area contributed by atoms with Crippen molar-refractivity contribution >= 4 is 17.7 Å². The lowest BCUT2D eigenvalue weighted by Crippen LogP contribution is -2.47. The quantitative estimate of drug-likeness (QED) is 0.700. The maximum Gasteiger partial charge on any atom is 0.415 e. The second-order valence-electron chi connectivity index (χ2n) is 7.04. The Hall–Kier alpha value is -3.95. The minimum atomic E-state index is -0.456. The molecule has 1 saturated heterocycles. The molecule has 2 aliphatic heterocycles. The van der Waals surface area contributed by atoms with Gasteiger partial charge in [0.2, 0.25) is 5.91 Å². The Kier molecular flexibility index (Phi) is 4.31. The van der Waals surface area contributed by atoms with E-state index in [-0.39, 0.29) is 25.1 Å². The second-order valence-corrected chi connectivity index (χ2v) is 7.04. The average Bonchev–Trinajstić information content (AvgIpc) is 3.40. The number of nitrogens with zero attached hydrogens (tertiary/aromatic N) is 5. The van der Waals surface area contributed by atoms with Crippen molar-refractivity contribution in [2.24, 2.45) is 0 Å². The third-order valence-corrected chi connectivity index (χ3v) is 5.13. The molecule has 1 N–H and O–H groups in total. The third-order valence-electron chi connectivity index (χ3n) is 5.13. The molecule has 0 spiro atoms. The Bertz CT molecular complexity index is 1100. The van der Waals surface area contributed by atoms with E-state index in [0.717, 1.165) is 11.1 Å². The van der Waals surface area contributed by atoms with Crippen LogP contribution in [0.2, 0.25) is 0 Å². The summed E-state index contributed by atoms with van der Waals surface area (Å²) in [5.74, 6) is 1.09. The van der Waals surface area contributed by atoms with Gasteiger partial charge in [0.15, 0.2) is 5.82 Å². The minimum absolute atomic E-state index is 0.172. The van der Waals surface area contributed by atoms with Crippen molar-refractivity contribution in [3.63, 3.8) is 0 Å². The number of amides is 2. The Morgan fingerprint density at radius 2 is 2.13 bits per heavy atom. The number of aromatic nitrogens is 4. The van der Waals surface area contributed by atoms with E-state index in [2.05, 4.69) is 20.4 Å². The number of benzene rings is 1. The van der Waals surface area contributed by atoms with E-state index in [1.807, 2.05) is 30.3 Å². The van der Waals surface area contributed by atoms with Gasteiger partial charge in [-0.1, -0.05) is 6.07 Å². The summed E-state index contributed by atoms with van der Waals surface area (Å²) < 4.78 is 13.0. The predicted molar refractivity (Wildman–Crippen MR) is 105 cm³/mol. The molecule has 4 heterocycles. The van der Waals surface area contributed by atoms with Gasteiger partial charge >= 0.3 is 6.09 Å². The van der Waals surface area contributed by atoms with Gasteiger partial charge < -0.3 is 14.8 Å². The van der Waals surface area contributed by atoms with E-state index in [9.17, 15) is 9.59 Å². The summed E-state index contributed by atoms with van der Waals surface area (Å²) in [6.45, 7) is 1.97. The third kappa shape index (κ3) is 3.11. The number of hydrogen-bond acceptors (Lipinski definition) is 7. The van der Waals surface area contributed by atoms with Gasteiger partial charge in [-0.05, 0) is 29.8 Å². The van der Waals surface area contributed by atoms with Gasteiger partial charge in [-0.3, -0.25) is 9.69 Å². The summed E-state index contributed by atoms with van der Waals surface area (Å²) >= 11 is 0. The molecule has 3 aromatic rings. The van der Waals surface area contributed by atoms with Crippen LogP contribution >= 0.6 is 0 Å². The monoisotopic (exact) mass is 406 g/mol. The molecule has 2 atom stereocenters. The van der Waals surface area contributed by atoms with Crippen molar-refractivity contribution in [2.75, 3.05) is 18.1 Å². The van der Waals surface area contributed by atoms with Gasteiger partial charge in [-0.25, -0.2) is 19.4 Å². The number of carbonyl (C=O) groups excluding carboxylic acids is 2. The zero-order chi connectivity index (χ0) is 20.7. The van der Waals surface area contributed by atoms with E-state index in [4.69, 9.17) is 9.47 Å². The molecule has 152 valence electrons. The zero-order valence-electron chi connectivity index (χ0n) is 16.1. The van der Waals surface area contributed by atoms with Crippen LogP contribution < -0.4 is 15.0 Å². The van der Waals surface area contributed by atoms with Gasteiger partial charge in [-0.2, -0.15) is 5.10 Å². The summed E-state index contributed by atoms with van der Waals surface area (Å²) in [4.78, 5) is 33.6. The van der Waals surface area contributed by atoms with Crippen LogP contribution in [0.5, 0.6) is 5.75 Å². The van der Waals surface area contributed by atoms with Gasteiger partial charge in [0.25, 0.3) is 0 Å². The molecule has 0 radical (unpaired) electrons. The molecule has 2 aliphatic rings. The fraction of sp³-hybridized carbons (Fsp3) is 0.250. The summed E-state index contributed by atoms with van der Waals surface area (Å²) in [6, 6.07) is 9.13. The van der Waals surface area contributed by atoms with Gasteiger partial charge in [0, 0.05) is 18.7 Å². The first kappa shape index (κ1) is 18.1. The Morgan fingerprint density at radius 3 is 2.87 bits per heavy atom. The van der Waals surface area contributed by atoms with E-state index >= 15 is 0 Å². The normalized spacial score (nSPS) is 19.5. The lowest BCUT2D eigenvalue weighted by atomic mass is 10.0. The van der Waals surface area contributed by atoms with Gasteiger partial charge in [0.1, 0.15) is 37.2 Å². The number of fused-ring (bicyclic) bond motifs is 3. The van der Waals surface area contributed by atoms with Gasteiger partial charge in [-0.15, -0.1) is 0 Å². The largest absolute Gasteiger partial charge is 0.489 e. The molecule has 10 heteroatoms. The fourth-order valence-electron chi connectivity index (χ4n) is 3.65. The topological polar surface area (TPSA) is 111 Å². The Labute approximate surface area is 171 Å². The van der Waals surface area contributed by atoms with Crippen LogP contribution in [0.15, 0.2) is 49.2 Å². The first-order chi connectivity index (χ1) is 14.6. The summed E-state index contributed by atoms with van der Waals surface area (Å²) in [6.07, 6.45) is 3.89. The second kappa shape index (κ2) is 7.14. The number of ether oxygens (including phenoxy) is 2. The van der Waals surface area contributed by atoms with Crippen LogP contribution in [0.1, 0.15) is 6.92 Å². The maximum absolute atomic E-state index is 12.4. The zero-order valence-corrected chi connectivity index (χ0v) is 16.1. The maximum atomic E-state index is 12.4. The van der Waals surface area contributed by atoms with Crippen LogP contribution in [0.25, 0.3) is 16.9 Å². The minimum Gasteiger partial charge on any atom is -0.489 e. The molecule has 2 amide bonds. The van der Waals surface area contributed by atoms with Crippen molar-refractivity contribution in [1.82, 2.24) is 25.1 Å². The van der Waals surface area contributed by atoms with Crippen LogP contribution in [0, 0.1) is 0 Å². The van der Waals surface area contributed by atoms with Crippen LogP contribution in [-0.4, -0.2) is 57.0 Å². The van der Waals surface area contributed by atoms with Crippen molar-refractivity contribution in [1.29, 1.82) is 0 Å². The average molecular weight is 406 g/mol. The number of nitrogens with one attached hydrogen (secondary N) is 1. The van der Waals surface area contributed by atoms with Crippen LogP contribution in [0.3, 0.4) is 0 Å². The van der Waals surface area contributed by atoms with E-state index in [1.165, 1.54) is 13.3 Å². The molecule has 0 unspecified atom stereocenters. The molecule has 2 aromatic heterocycles. The first-order valence-corrected chi connectivity index (χ1v) is 9.43. The van der Waals surface area contributed by atoms with Crippen LogP contribution in [-0.2, 0) is 9.53 Å². The lowest BCUT2D eigenvalue weighted by molar-refractivity contribution is -0.119. The smallest absolute Gasteiger partial charge is 0.415 e. The van der Waals surface area contributed by atoms with Crippen molar-refractivity contribution < 1.29 is 19.1 Å². The molecule has 5 rings (SSSR count). The Morgan fingerprint density at radius 1 is 1.27 bits per heavy atom. The Balaban J connectivity index is 1.39. The number of carbonyl (C=O) groups is 2. The highest BCUT2D eigenvalue weighted by atomic mass is 16.6. The van der Waals surface area contributed by atoms with Gasteiger partial charge in [0.05, 0.1) is 12.2 Å². The molecule has 0 bridgehead atoms. The number of rotatable bonds is 4. The summed E-state index contributed by atoms with van der Waals surface area (Å²) in [5.41, 5.74) is 2.46. The van der Waals surface area contributed by atoms with E-state index in [1.54, 1.807) is 22.1 Å². The number of pyridine rings is 1. The van der Waals surface area contributed by atoms with Crippen LogP contribution in [0.4, 0.5) is 10.5 Å². The highest BCUT2D eigenvalue weighted by Crippen LogP contribution is 2.40. The van der Waals surface area contributed by atoms with Crippen molar-refractivity contribution in [3.05, 3.63) is 49.2 Å². The van der Waals surface area contributed by atoms with E-state index < -0.39 is 12.2 Å². The predicted octanol–water partition coefficient (Wildman–Crippen LogP) is 1.55. The molecule has 30 heavy (non-hydrogen) atoms. The fourth-order valence-corrected chi connectivity index (χ4v) is 3.65. The summed E-state index contributed by atoms with van der Waals surface area (Å²) in [7, 11) is 0. The summed E-state index contributed by atoms with van der Waals surface area (Å²) in [5, 5.41) is 6.76. The number of cyclic esters (lactones) is 1. The first-order valence-electron chi connectivity index (χ1n) is 9.43. The standard InChI is InChI=1S/C20H18N6O4/c1-12(27)22-8-18-16-9-29-17-6-13(2-4-15(17)26(16)20(28)30-18)14-3-5-19(23-7-14)25-11-21-10-24-25/h2-7,10-11,16,18H,8-9H2,1H3,(H,22,27)/t16-,18-/m0/s1. The molecular formula is C20H18N6O4. The molecular weight excluding hydrogens is 388 g/mol. The molecule has 1 aromatic carbocycles. The molecule has 10 nitrogen and oxygen atoms in total. The van der Waals surface area contributed by atoms with E-state index in [0.29, 0.717) is 17.3 Å².